The molecule has 3 heterocycles. The molecule has 7 nitrogen and oxygen atoms in total. The van der Waals surface area contributed by atoms with Gasteiger partial charge in [0.15, 0.2) is 5.82 Å². The van der Waals surface area contributed by atoms with Crippen molar-refractivity contribution in [2.24, 2.45) is 0 Å². The van der Waals surface area contributed by atoms with Gasteiger partial charge >= 0.3 is 0 Å². The summed E-state index contributed by atoms with van der Waals surface area (Å²) in [4.78, 5) is 19.5. The van der Waals surface area contributed by atoms with Gasteiger partial charge in [-0.2, -0.15) is 0 Å². The SMILES string of the molecule is CC[C@@H](c1nnnn1Cc1ccc(F)cc1)N(Cc1cccs1)Cc1cc2cc(C)ccc2[nH]c1=O. The number of pyridine rings is 1. The molecule has 0 unspecified atom stereocenters. The van der Waals surface area contributed by atoms with Crippen molar-refractivity contribution < 1.29 is 4.39 Å². The number of halogens is 1. The molecule has 5 aromatic rings. The molecule has 0 aliphatic heterocycles. The maximum absolute atomic E-state index is 13.4. The molecule has 9 heteroatoms. The van der Waals surface area contributed by atoms with Crippen molar-refractivity contribution in [3.05, 3.63) is 110 Å². The first-order chi connectivity index (χ1) is 17.5. The Hall–Kier alpha value is -3.69. The van der Waals surface area contributed by atoms with Crippen LogP contribution in [0.1, 0.15) is 46.8 Å². The van der Waals surface area contributed by atoms with Crippen molar-refractivity contribution in [1.82, 2.24) is 30.1 Å². The predicted octanol–water partition coefficient (Wildman–Crippen LogP) is 5.23. The highest BCUT2D eigenvalue weighted by Gasteiger charge is 2.26. The Labute approximate surface area is 212 Å². The maximum Gasteiger partial charge on any atom is 0.252 e. The highest BCUT2D eigenvalue weighted by atomic mass is 32.1. The Kier molecular flexibility index (Phi) is 7.02. The van der Waals surface area contributed by atoms with Crippen molar-refractivity contribution >= 4 is 22.2 Å². The van der Waals surface area contributed by atoms with Gasteiger partial charge in [-0.3, -0.25) is 9.69 Å². The number of benzene rings is 2. The average Bonchev–Trinajstić information content (AvgIpc) is 3.54. The second kappa shape index (κ2) is 10.5. The van der Waals surface area contributed by atoms with E-state index in [1.54, 1.807) is 28.2 Å². The molecule has 5 rings (SSSR count). The number of nitrogens with zero attached hydrogens (tertiary/aromatic N) is 5. The number of aromatic nitrogens is 5. The van der Waals surface area contributed by atoms with Crippen LogP contribution in [0.3, 0.4) is 0 Å². The van der Waals surface area contributed by atoms with Crippen molar-refractivity contribution in [3.63, 3.8) is 0 Å². The molecule has 36 heavy (non-hydrogen) atoms. The van der Waals surface area contributed by atoms with Crippen LogP contribution in [0.5, 0.6) is 0 Å². The lowest BCUT2D eigenvalue weighted by Gasteiger charge is -2.30. The highest BCUT2D eigenvalue weighted by Crippen LogP contribution is 2.28. The molecular formula is C27H27FN6OS. The summed E-state index contributed by atoms with van der Waals surface area (Å²) in [6, 6.07) is 18.4. The van der Waals surface area contributed by atoms with E-state index < -0.39 is 0 Å². The first kappa shape index (κ1) is 24.0. The van der Waals surface area contributed by atoms with Crippen LogP contribution in [0.25, 0.3) is 10.9 Å². The van der Waals surface area contributed by atoms with E-state index in [4.69, 9.17) is 0 Å². The molecule has 184 valence electrons. The fraction of sp³-hybridized carbons (Fsp3) is 0.259. The molecule has 0 bridgehead atoms. The molecule has 0 aliphatic rings. The Bertz CT molecular complexity index is 1510. The zero-order valence-corrected chi connectivity index (χ0v) is 21.0. The molecule has 0 radical (unpaired) electrons. The van der Waals surface area contributed by atoms with E-state index in [0.717, 1.165) is 28.5 Å². The van der Waals surface area contributed by atoms with Gasteiger partial charge < -0.3 is 4.98 Å². The van der Waals surface area contributed by atoms with Crippen LogP contribution in [0, 0.1) is 12.7 Å². The van der Waals surface area contributed by atoms with Gasteiger partial charge in [-0.05, 0) is 76.5 Å². The molecule has 2 aromatic carbocycles. The van der Waals surface area contributed by atoms with E-state index in [-0.39, 0.29) is 17.4 Å². The zero-order chi connectivity index (χ0) is 25.1. The Morgan fingerprint density at radius 1 is 1.11 bits per heavy atom. The molecule has 0 saturated heterocycles. The second-order valence-corrected chi connectivity index (χ2v) is 9.98. The summed E-state index contributed by atoms with van der Waals surface area (Å²) in [7, 11) is 0. The number of hydrogen-bond donors (Lipinski definition) is 1. The number of aromatic amines is 1. The van der Waals surface area contributed by atoms with Crippen LogP contribution in [-0.2, 0) is 19.6 Å². The summed E-state index contributed by atoms with van der Waals surface area (Å²) in [5, 5.41) is 15.6. The van der Waals surface area contributed by atoms with E-state index in [0.29, 0.717) is 31.0 Å². The van der Waals surface area contributed by atoms with E-state index in [9.17, 15) is 9.18 Å². The van der Waals surface area contributed by atoms with Gasteiger partial charge in [-0.25, -0.2) is 9.07 Å². The monoisotopic (exact) mass is 502 g/mol. The van der Waals surface area contributed by atoms with E-state index in [1.807, 2.05) is 31.2 Å². The first-order valence-corrected chi connectivity index (χ1v) is 12.8. The quantitative estimate of drug-likeness (QED) is 0.299. The molecule has 1 atom stereocenters. The van der Waals surface area contributed by atoms with Gasteiger partial charge in [0.2, 0.25) is 0 Å². The summed E-state index contributed by atoms with van der Waals surface area (Å²) in [6.07, 6.45) is 0.750. The molecular weight excluding hydrogens is 475 g/mol. The summed E-state index contributed by atoms with van der Waals surface area (Å²) >= 11 is 1.68. The van der Waals surface area contributed by atoms with Gasteiger partial charge in [-0.15, -0.1) is 16.4 Å². The third kappa shape index (κ3) is 5.27. The summed E-state index contributed by atoms with van der Waals surface area (Å²) in [5.41, 5.74) is 3.48. The number of hydrogen-bond acceptors (Lipinski definition) is 6. The lowest BCUT2D eigenvalue weighted by molar-refractivity contribution is 0.163. The molecule has 0 spiro atoms. The van der Waals surface area contributed by atoms with Crippen LogP contribution < -0.4 is 5.56 Å². The molecule has 0 saturated carbocycles. The van der Waals surface area contributed by atoms with Crippen LogP contribution in [0.4, 0.5) is 4.39 Å². The number of H-pyrrole nitrogens is 1. The number of rotatable bonds is 9. The van der Waals surface area contributed by atoms with Crippen molar-refractivity contribution in [1.29, 1.82) is 0 Å². The number of fused-ring (bicyclic) bond motifs is 1. The van der Waals surface area contributed by atoms with Gasteiger partial charge in [0.1, 0.15) is 5.82 Å². The topological polar surface area (TPSA) is 79.7 Å². The van der Waals surface area contributed by atoms with Gasteiger partial charge in [0.05, 0.1) is 12.6 Å². The molecule has 3 aromatic heterocycles. The van der Waals surface area contributed by atoms with Crippen molar-refractivity contribution in [2.45, 2.75) is 45.9 Å². The predicted molar refractivity (Wildman–Crippen MR) is 139 cm³/mol. The smallest absolute Gasteiger partial charge is 0.252 e. The molecule has 0 fully saturated rings. The van der Waals surface area contributed by atoms with Gasteiger partial charge in [-0.1, -0.05) is 36.8 Å². The van der Waals surface area contributed by atoms with Crippen LogP contribution in [0.2, 0.25) is 0 Å². The summed E-state index contributed by atoms with van der Waals surface area (Å²) in [5.74, 6) is 0.437. The minimum atomic E-state index is -0.278. The summed E-state index contributed by atoms with van der Waals surface area (Å²) in [6.45, 7) is 5.67. The number of aryl methyl sites for hydroxylation is 1. The fourth-order valence-electron chi connectivity index (χ4n) is 4.52. The average molecular weight is 503 g/mol. The standard InChI is InChI=1S/C27H27FN6OS/c1-3-25(26-30-31-32-34(26)15-19-7-9-22(28)10-8-19)33(17-23-5-4-12-36-23)16-21-14-20-13-18(2)6-11-24(20)29-27(21)35/h4-14,25H,3,15-17H2,1-2H3,(H,29,35)/t25-/m0/s1. The minimum Gasteiger partial charge on any atom is -0.322 e. The molecule has 1 N–H and O–H groups in total. The maximum atomic E-state index is 13.4. The van der Waals surface area contributed by atoms with Crippen LogP contribution in [-0.4, -0.2) is 30.1 Å². The zero-order valence-electron chi connectivity index (χ0n) is 20.2. The Balaban J connectivity index is 1.50. The highest BCUT2D eigenvalue weighted by molar-refractivity contribution is 7.09. The number of tetrazole rings is 1. The third-order valence-electron chi connectivity index (χ3n) is 6.32. The van der Waals surface area contributed by atoms with Gasteiger partial charge in [0, 0.05) is 29.0 Å². The van der Waals surface area contributed by atoms with Crippen LogP contribution >= 0.6 is 11.3 Å². The molecule has 0 amide bonds. The normalized spacial score (nSPS) is 12.4. The van der Waals surface area contributed by atoms with E-state index in [2.05, 4.69) is 49.8 Å². The van der Waals surface area contributed by atoms with E-state index >= 15 is 0 Å². The lowest BCUT2D eigenvalue weighted by Crippen LogP contribution is -2.32. The van der Waals surface area contributed by atoms with E-state index in [1.165, 1.54) is 17.0 Å². The number of nitrogens with one attached hydrogen (secondary N) is 1. The van der Waals surface area contributed by atoms with Crippen LogP contribution in [0.15, 0.2) is 70.8 Å². The number of thiophene rings is 1. The third-order valence-corrected chi connectivity index (χ3v) is 7.18. The van der Waals surface area contributed by atoms with Crippen molar-refractivity contribution in [3.8, 4) is 0 Å². The Morgan fingerprint density at radius 3 is 2.69 bits per heavy atom. The second-order valence-electron chi connectivity index (χ2n) is 8.94. The largest absolute Gasteiger partial charge is 0.322 e. The molecule has 0 aliphatic carbocycles. The first-order valence-electron chi connectivity index (χ1n) is 11.9. The minimum absolute atomic E-state index is 0.0942. The fourth-order valence-corrected chi connectivity index (χ4v) is 5.25. The lowest BCUT2D eigenvalue weighted by atomic mass is 10.1. The Morgan fingerprint density at radius 2 is 1.94 bits per heavy atom. The summed E-state index contributed by atoms with van der Waals surface area (Å²) < 4.78 is 15.2. The van der Waals surface area contributed by atoms with Gasteiger partial charge in [0.25, 0.3) is 5.56 Å². The van der Waals surface area contributed by atoms with Crippen molar-refractivity contribution in [2.75, 3.05) is 0 Å².